The number of aromatic nitrogens is 1. The third kappa shape index (κ3) is 7.16. The molecule has 6 heteroatoms. The van der Waals surface area contributed by atoms with Gasteiger partial charge < -0.3 is 4.57 Å². The maximum atomic E-state index is 11.3. The summed E-state index contributed by atoms with van der Waals surface area (Å²) in [6.07, 6.45) is 13.4. The van der Waals surface area contributed by atoms with E-state index >= 15 is 0 Å². The summed E-state index contributed by atoms with van der Waals surface area (Å²) >= 11 is 7.40. The summed E-state index contributed by atoms with van der Waals surface area (Å²) in [5.74, 6) is 0. The highest BCUT2D eigenvalue weighted by Gasteiger charge is 2.20. The second-order valence-corrected chi connectivity index (χ2v) is 17.3. The van der Waals surface area contributed by atoms with Gasteiger partial charge in [0.15, 0.2) is 6.29 Å². The molecule has 0 aliphatic heterocycles. The van der Waals surface area contributed by atoms with Crippen molar-refractivity contribution in [3.05, 3.63) is 94.9 Å². The molecule has 2 nitrogen and oxygen atoms in total. The highest BCUT2D eigenvalue weighted by Crippen LogP contribution is 2.48. The molecule has 2 aromatic carbocycles. The van der Waals surface area contributed by atoms with Crippen LogP contribution in [0.4, 0.5) is 0 Å². The van der Waals surface area contributed by atoms with Gasteiger partial charge in [0.05, 0.1) is 4.88 Å². The fourth-order valence-corrected chi connectivity index (χ4v) is 11.6. The van der Waals surface area contributed by atoms with Gasteiger partial charge in [-0.25, -0.2) is 0 Å². The minimum atomic E-state index is 0.784. The molecule has 0 saturated carbocycles. The number of aldehydes is 1. The number of benzene rings is 2. The summed E-state index contributed by atoms with van der Waals surface area (Å²) in [6.45, 7) is 7.81. The number of nitrogens with zero attached hydrogens (tertiary/aromatic N) is 1. The fraction of sp³-hybridized carbons (Fsp3) is 0.326. The Bertz CT molecular complexity index is 2180. The van der Waals surface area contributed by atoms with Crippen LogP contribution in [-0.2, 0) is 19.4 Å². The first-order valence-electron chi connectivity index (χ1n) is 18.0. The molecule has 0 atom stereocenters. The second kappa shape index (κ2) is 15.7. The smallest absolute Gasteiger partial charge is 0.160 e. The van der Waals surface area contributed by atoms with Crippen molar-refractivity contribution in [2.45, 2.75) is 91.5 Å². The summed E-state index contributed by atoms with van der Waals surface area (Å²) < 4.78 is 2.45. The van der Waals surface area contributed by atoms with Crippen molar-refractivity contribution in [3.8, 4) is 39.7 Å². The molecule has 0 saturated heterocycles. The third-order valence-electron chi connectivity index (χ3n) is 9.63. The molecule has 0 radical (unpaired) electrons. The number of thiophene rings is 4. The van der Waals surface area contributed by atoms with Crippen LogP contribution in [0.1, 0.15) is 92.9 Å². The Labute approximate surface area is 307 Å². The van der Waals surface area contributed by atoms with Crippen molar-refractivity contribution < 1.29 is 4.79 Å². The third-order valence-corrected chi connectivity index (χ3v) is 14.7. The van der Waals surface area contributed by atoms with E-state index in [0.717, 1.165) is 30.5 Å². The molecule has 0 amide bonds. The predicted molar refractivity (Wildman–Crippen MR) is 219 cm³/mol. The summed E-state index contributed by atoms with van der Waals surface area (Å²) in [5.41, 5.74) is 7.00. The van der Waals surface area contributed by atoms with Gasteiger partial charge in [-0.15, -0.1) is 45.3 Å². The lowest BCUT2D eigenvalue weighted by Crippen LogP contribution is -1.92. The summed E-state index contributed by atoms with van der Waals surface area (Å²) in [5, 5.41) is 2.70. The Hall–Kier alpha value is -3.29. The number of hydrogen-bond donors (Lipinski definition) is 0. The van der Waals surface area contributed by atoms with Crippen LogP contribution in [0.2, 0.25) is 0 Å². The van der Waals surface area contributed by atoms with Gasteiger partial charge in [-0.05, 0) is 104 Å². The SMILES string of the molecule is CCCCCCc1cc(-c2sc(-c3ccc(-c4ccc(C=O)s4)s3)cc2CCCCCC)sc1-c1ccc2c(c1)c1ccccc1n2CC. The van der Waals surface area contributed by atoms with Crippen molar-refractivity contribution in [1.82, 2.24) is 4.57 Å². The molecule has 7 rings (SSSR count). The number of aryl methyl sites for hydroxylation is 3. The Morgan fingerprint density at radius 2 is 1.18 bits per heavy atom. The molecular weight excluding hydrogens is 675 g/mol. The summed E-state index contributed by atoms with van der Waals surface area (Å²) in [6, 6.07) is 29.6. The van der Waals surface area contributed by atoms with Crippen LogP contribution in [-0.4, -0.2) is 10.9 Å². The van der Waals surface area contributed by atoms with E-state index in [0.29, 0.717) is 0 Å². The molecule has 5 heterocycles. The van der Waals surface area contributed by atoms with Crippen LogP contribution >= 0.6 is 45.3 Å². The molecular formula is C43H45NOS4. The van der Waals surface area contributed by atoms with Crippen molar-refractivity contribution in [1.29, 1.82) is 0 Å². The molecule has 0 bridgehead atoms. The zero-order valence-corrected chi connectivity index (χ0v) is 32.1. The average molecular weight is 720 g/mol. The number of hydrogen-bond acceptors (Lipinski definition) is 5. The molecule has 0 spiro atoms. The van der Waals surface area contributed by atoms with E-state index in [4.69, 9.17) is 0 Å². The maximum absolute atomic E-state index is 11.3. The minimum absolute atomic E-state index is 0.784. The lowest BCUT2D eigenvalue weighted by Gasteiger charge is -2.06. The first kappa shape index (κ1) is 34.2. The van der Waals surface area contributed by atoms with Gasteiger partial charge in [-0.1, -0.05) is 76.6 Å². The number of carbonyl (C=O) groups is 1. The second-order valence-electron chi connectivity index (χ2n) is 13.0. The van der Waals surface area contributed by atoms with Gasteiger partial charge in [0.25, 0.3) is 0 Å². The number of fused-ring (bicyclic) bond motifs is 3. The predicted octanol–water partition coefficient (Wildman–Crippen LogP) is 14.8. The first-order valence-corrected chi connectivity index (χ1v) is 21.3. The number of para-hydroxylation sites is 1. The van der Waals surface area contributed by atoms with E-state index < -0.39 is 0 Å². The van der Waals surface area contributed by atoms with Crippen molar-refractivity contribution in [2.24, 2.45) is 0 Å². The highest BCUT2D eigenvalue weighted by molar-refractivity contribution is 7.29. The molecule has 0 aliphatic carbocycles. The Morgan fingerprint density at radius 3 is 1.90 bits per heavy atom. The van der Waals surface area contributed by atoms with E-state index in [1.54, 1.807) is 11.3 Å². The minimum Gasteiger partial charge on any atom is -0.341 e. The van der Waals surface area contributed by atoms with E-state index in [-0.39, 0.29) is 0 Å². The molecule has 0 N–H and O–H groups in total. The Balaban J connectivity index is 1.30. The first-order chi connectivity index (χ1) is 24.1. The van der Waals surface area contributed by atoms with Crippen LogP contribution in [0.5, 0.6) is 0 Å². The maximum Gasteiger partial charge on any atom is 0.160 e. The molecule has 5 aromatic heterocycles. The molecule has 49 heavy (non-hydrogen) atoms. The summed E-state index contributed by atoms with van der Waals surface area (Å²) in [7, 11) is 0. The van der Waals surface area contributed by atoms with Crippen molar-refractivity contribution in [2.75, 3.05) is 0 Å². The quantitative estimate of drug-likeness (QED) is 0.0720. The van der Waals surface area contributed by atoms with Crippen LogP contribution in [0.3, 0.4) is 0 Å². The lowest BCUT2D eigenvalue weighted by atomic mass is 10.0. The lowest BCUT2D eigenvalue weighted by molar-refractivity contribution is 0.112. The molecule has 252 valence electrons. The highest BCUT2D eigenvalue weighted by atomic mass is 32.1. The standard InChI is InChI=1S/C43H45NOS4/c1-4-7-9-11-15-29-27-41(49-42(29)31-19-21-36-34(25-31)33-17-13-14-18-35(33)44(36)6-3)43-30(16-12-10-8-5-2)26-40(48-43)39-24-23-38(47-39)37-22-20-32(28-45)46-37/h13-14,17-28H,4-12,15-16H2,1-3H3. The van der Waals surface area contributed by atoms with E-state index in [2.05, 4.69) is 98.1 Å². The van der Waals surface area contributed by atoms with Crippen LogP contribution in [0.25, 0.3) is 61.5 Å². The van der Waals surface area contributed by atoms with Gasteiger partial charge in [0, 0.05) is 62.5 Å². The normalized spacial score (nSPS) is 11.7. The largest absolute Gasteiger partial charge is 0.341 e. The van der Waals surface area contributed by atoms with Crippen LogP contribution in [0.15, 0.2) is 78.9 Å². The molecule has 0 aliphatic rings. The van der Waals surface area contributed by atoms with Gasteiger partial charge in [0.2, 0.25) is 0 Å². The van der Waals surface area contributed by atoms with E-state index in [9.17, 15) is 4.79 Å². The molecule has 0 unspecified atom stereocenters. The van der Waals surface area contributed by atoms with Gasteiger partial charge >= 0.3 is 0 Å². The van der Waals surface area contributed by atoms with E-state index in [1.807, 2.05) is 40.1 Å². The van der Waals surface area contributed by atoms with Crippen LogP contribution < -0.4 is 0 Å². The Morgan fingerprint density at radius 1 is 0.551 bits per heavy atom. The summed E-state index contributed by atoms with van der Waals surface area (Å²) in [4.78, 5) is 21.5. The van der Waals surface area contributed by atoms with Gasteiger partial charge in [0.1, 0.15) is 0 Å². The molecule has 0 fully saturated rings. The monoisotopic (exact) mass is 719 g/mol. The number of carbonyl (C=O) groups excluding carboxylic acids is 1. The zero-order chi connectivity index (χ0) is 33.7. The number of rotatable bonds is 16. The zero-order valence-electron chi connectivity index (χ0n) is 28.8. The fourth-order valence-electron chi connectivity index (χ4n) is 7.09. The van der Waals surface area contributed by atoms with Crippen molar-refractivity contribution >= 4 is 73.4 Å². The number of unbranched alkanes of at least 4 members (excludes halogenated alkanes) is 6. The average Bonchev–Trinajstić information content (AvgIpc) is 3.97. The van der Waals surface area contributed by atoms with Crippen molar-refractivity contribution in [3.63, 3.8) is 0 Å². The van der Waals surface area contributed by atoms with Crippen LogP contribution in [0, 0.1) is 0 Å². The van der Waals surface area contributed by atoms with E-state index in [1.165, 1.54) is 124 Å². The Kier molecular flexibility index (Phi) is 11.0. The molecule has 7 aromatic rings. The van der Waals surface area contributed by atoms with Gasteiger partial charge in [-0.2, -0.15) is 0 Å². The topological polar surface area (TPSA) is 22.0 Å². The van der Waals surface area contributed by atoms with Gasteiger partial charge in [-0.3, -0.25) is 4.79 Å².